The van der Waals surface area contributed by atoms with E-state index >= 15 is 0 Å². The van der Waals surface area contributed by atoms with Crippen LogP contribution in [0, 0.1) is 6.92 Å². The van der Waals surface area contributed by atoms with E-state index in [2.05, 4.69) is 20.8 Å². The summed E-state index contributed by atoms with van der Waals surface area (Å²) in [6, 6.07) is 10.8. The van der Waals surface area contributed by atoms with Gasteiger partial charge in [-0.15, -0.1) is 5.10 Å². The molecule has 0 bridgehead atoms. The van der Waals surface area contributed by atoms with Crippen LogP contribution in [-0.4, -0.2) is 31.9 Å². The maximum atomic E-state index is 12.2. The molecule has 0 atom stereocenters. The van der Waals surface area contributed by atoms with Crippen LogP contribution in [0.15, 0.2) is 41.6 Å². The van der Waals surface area contributed by atoms with Crippen LogP contribution in [-0.2, 0) is 4.79 Å². The smallest absolute Gasteiger partial charge is 0.234 e. The number of nitrogens with one attached hydrogen (secondary N) is 1. The van der Waals surface area contributed by atoms with Crippen LogP contribution in [0.5, 0.6) is 0 Å². The van der Waals surface area contributed by atoms with Gasteiger partial charge >= 0.3 is 0 Å². The number of carbonyl (C=O) groups excluding carboxylic acids is 1. The molecule has 134 valence electrons. The lowest BCUT2D eigenvalue weighted by atomic mass is 10.2. The van der Waals surface area contributed by atoms with E-state index in [4.69, 9.17) is 34.8 Å². The van der Waals surface area contributed by atoms with E-state index in [9.17, 15) is 4.79 Å². The Balaban J connectivity index is 1.68. The minimum atomic E-state index is -0.292. The standard InChI is InChI=1S/C16H12Cl3N5OS/c1-9-2-4-11(5-3-9)24-16(21-22-23-24)26-8-14(25)20-15-12(18)6-10(17)7-13(15)19/h2-7H,8H2,1H3,(H,20,25). The number of thioether (sulfide) groups is 1. The molecule has 3 aromatic rings. The molecule has 2 aromatic carbocycles. The van der Waals surface area contributed by atoms with Crippen molar-refractivity contribution in [1.29, 1.82) is 0 Å². The van der Waals surface area contributed by atoms with Crippen LogP contribution in [0.2, 0.25) is 15.1 Å². The van der Waals surface area contributed by atoms with Crippen LogP contribution in [0.3, 0.4) is 0 Å². The van der Waals surface area contributed by atoms with Crippen molar-refractivity contribution in [3.8, 4) is 5.69 Å². The zero-order valence-electron chi connectivity index (χ0n) is 13.4. The summed E-state index contributed by atoms with van der Waals surface area (Å²) in [5.74, 6) is -0.207. The SMILES string of the molecule is Cc1ccc(-n2nnnc2SCC(=O)Nc2c(Cl)cc(Cl)cc2Cl)cc1. The molecule has 3 rings (SSSR count). The second-order valence-electron chi connectivity index (χ2n) is 5.29. The number of carbonyl (C=O) groups is 1. The minimum Gasteiger partial charge on any atom is -0.323 e. The molecule has 1 heterocycles. The van der Waals surface area contributed by atoms with Crippen molar-refractivity contribution in [3.05, 3.63) is 57.0 Å². The lowest BCUT2D eigenvalue weighted by Crippen LogP contribution is -2.15. The van der Waals surface area contributed by atoms with Crippen LogP contribution in [0.25, 0.3) is 5.69 Å². The van der Waals surface area contributed by atoms with Gasteiger partial charge in [0.15, 0.2) is 0 Å². The Kier molecular flexibility index (Phi) is 6.03. The molecular weight excluding hydrogens is 417 g/mol. The first-order chi connectivity index (χ1) is 12.4. The number of halogens is 3. The molecule has 0 fully saturated rings. The lowest BCUT2D eigenvalue weighted by Gasteiger charge is -2.09. The topological polar surface area (TPSA) is 72.7 Å². The fourth-order valence-electron chi connectivity index (χ4n) is 2.08. The van der Waals surface area contributed by atoms with Gasteiger partial charge in [-0.2, -0.15) is 4.68 Å². The molecule has 0 aliphatic heterocycles. The fraction of sp³-hybridized carbons (Fsp3) is 0.125. The van der Waals surface area contributed by atoms with Gasteiger partial charge < -0.3 is 5.32 Å². The molecule has 0 aliphatic rings. The van der Waals surface area contributed by atoms with Crippen molar-refractivity contribution in [2.45, 2.75) is 12.1 Å². The Morgan fingerprint density at radius 3 is 2.46 bits per heavy atom. The predicted molar refractivity (Wildman–Crippen MR) is 105 cm³/mol. The van der Waals surface area contributed by atoms with Crippen LogP contribution in [0.4, 0.5) is 5.69 Å². The molecule has 0 aliphatic carbocycles. The van der Waals surface area contributed by atoms with Crippen LogP contribution < -0.4 is 5.32 Å². The normalized spacial score (nSPS) is 10.8. The minimum absolute atomic E-state index is 0.0848. The van der Waals surface area contributed by atoms with Gasteiger partial charge in [-0.05, 0) is 41.6 Å². The highest BCUT2D eigenvalue weighted by Gasteiger charge is 2.14. The Labute approximate surface area is 168 Å². The summed E-state index contributed by atoms with van der Waals surface area (Å²) in [5, 5.41) is 15.7. The van der Waals surface area contributed by atoms with Crippen LogP contribution >= 0.6 is 46.6 Å². The van der Waals surface area contributed by atoms with Crippen molar-refractivity contribution in [3.63, 3.8) is 0 Å². The summed E-state index contributed by atoms with van der Waals surface area (Å²) in [4.78, 5) is 12.2. The number of amides is 1. The maximum Gasteiger partial charge on any atom is 0.234 e. The van der Waals surface area contributed by atoms with Gasteiger partial charge in [0.05, 0.1) is 27.2 Å². The summed E-state index contributed by atoms with van der Waals surface area (Å²) in [6.45, 7) is 2.00. The summed E-state index contributed by atoms with van der Waals surface area (Å²) >= 11 is 19.2. The van der Waals surface area contributed by atoms with E-state index in [-0.39, 0.29) is 21.7 Å². The molecule has 26 heavy (non-hydrogen) atoms. The molecule has 0 unspecified atom stereocenters. The Hall–Kier alpha value is -1.80. The molecular formula is C16H12Cl3N5OS. The summed E-state index contributed by atoms with van der Waals surface area (Å²) in [6.07, 6.45) is 0. The first-order valence-electron chi connectivity index (χ1n) is 7.36. The summed E-state index contributed by atoms with van der Waals surface area (Å²) in [7, 11) is 0. The lowest BCUT2D eigenvalue weighted by molar-refractivity contribution is -0.113. The highest BCUT2D eigenvalue weighted by atomic mass is 35.5. The van der Waals surface area contributed by atoms with E-state index in [1.54, 1.807) is 4.68 Å². The van der Waals surface area contributed by atoms with Gasteiger partial charge in [0, 0.05) is 5.02 Å². The molecule has 1 aromatic heterocycles. The number of hydrogen-bond acceptors (Lipinski definition) is 5. The van der Waals surface area contributed by atoms with Gasteiger partial charge in [0.1, 0.15) is 0 Å². The van der Waals surface area contributed by atoms with E-state index in [0.717, 1.165) is 11.3 Å². The van der Waals surface area contributed by atoms with Crippen molar-refractivity contribution in [1.82, 2.24) is 20.2 Å². The van der Waals surface area contributed by atoms with Crippen molar-refractivity contribution in [2.24, 2.45) is 0 Å². The van der Waals surface area contributed by atoms with E-state index in [1.165, 1.54) is 23.9 Å². The molecule has 0 spiro atoms. The van der Waals surface area contributed by atoms with Crippen LogP contribution in [0.1, 0.15) is 5.56 Å². The van der Waals surface area contributed by atoms with Gasteiger partial charge in [0.25, 0.3) is 0 Å². The zero-order valence-corrected chi connectivity index (χ0v) is 16.5. The molecule has 0 saturated heterocycles. The quantitative estimate of drug-likeness (QED) is 0.598. The number of aromatic nitrogens is 4. The molecule has 1 amide bonds. The average molecular weight is 429 g/mol. The summed E-state index contributed by atoms with van der Waals surface area (Å²) < 4.78 is 1.57. The third kappa shape index (κ3) is 4.48. The number of hydrogen-bond donors (Lipinski definition) is 1. The molecule has 10 heteroatoms. The Morgan fingerprint density at radius 2 is 1.81 bits per heavy atom. The van der Waals surface area contributed by atoms with E-state index in [0.29, 0.717) is 15.9 Å². The number of anilines is 1. The first kappa shape index (κ1) is 19.0. The van der Waals surface area contributed by atoms with Gasteiger partial charge in [-0.1, -0.05) is 64.3 Å². The number of nitrogens with zero attached hydrogens (tertiary/aromatic N) is 4. The second-order valence-corrected chi connectivity index (χ2v) is 7.48. The monoisotopic (exact) mass is 427 g/mol. The Bertz CT molecular complexity index is 922. The third-order valence-electron chi connectivity index (χ3n) is 3.32. The molecule has 0 saturated carbocycles. The van der Waals surface area contributed by atoms with Crippen molar-refractivity contribution in [2.75, 3.05) is 11.1 Å². The average Bonchev–Trinajstić information content (AvgIpc) is 3.05. The maximum absolute atomic E-state index is 12.2. The predicted octanol–water partition coefficient (Wildman–Crippen LogP) is 4.66. The van der Waals surface area contributed by atoms with Gasteiger partial charge in [0.2, 0.25) is 11.1 Å². The third-order valence-corrected chi connectivity index (χ3v) is 5.06. The molecule has 6 nitrogen and oxygen atoms in total. The largest absolute Gasteiger partial charge is 0.323 e. The molecule has 1 N–H and O–H groups in total. The molecule has 0 radical (unpaired) electrons. The van der Waals surface area contributed by atoms with Gasteiger partial charge in [-0.3, -0.25) is 4.79 Å². The number of rotatable bonds is 5. The fourth-order valence-corrected chi connectivity index (χ4v) is 3.69. The second kappa shape index (κ2) is 8.26. The van der Waals surface area contributed by atoms with Crippen molar-refractivity contribution >= 4 is 58.2 Å². The highest BCUT2D eigenvalue weighted by molar-refractivity contribution is 7.99. The van der Waals surface area contributed by atoms with E-state index < -0.39 is 0 Å². The first-order valence-corrected chi connectivity index (χ1v) is 9.48. The highest BCUT2D eigenvalue weighted by Crippen LogP contribution is 2.33. The van der Waals surface area contributed by atoms with Crippen molar-refractivity contribution < 1.29 is 4.79 Å². The number of tetrazole rings is 1. The number of benzene rings is 2. The number of aryl methyl sites for hydroxylation is 1. The van der Waals surface area contributed by atoms with E-state index in [1.807, 2.05) is 31.2 Å². The summed E-state index contributed by atoms with van der Waals surface area (Å²) in [5.41, 5.74) is 2.26. The zero-order chi connectivity index (χ0) is 18.7. The van der Waals surface area contributed by atoms with Gasteiger partial charge in [-0.25, -0.2) is 0 Å². The Morgan fingerprint density at radius 1 is 1.15 bits per heavy atom.